The Morgan fingerprint density at radius 3 is 3.11 bits per heavy atom. The van der Waals surface area contributed by atoms with Crippen molar-refractivity contribution in [3.05, 3.63) is 23.8 Å². The largest absolute Gasteiger partial charge is 0.454 e. The lowest BCUT2D eigenvalue weighted by molar-refractivity contribution is -0.657. The van der Waals surface area contributed by atoms with Gasteiger partial charge in [0.05, 0.1) is 12.3 Å². The molecule has 0 unspecified atom stereocenters. The molecule has 18 heavy (non-hydrogen) atoms. The first-order valence-corrected chi connectivity index (χ1v) is 6.31. The molecular formula is C13H17N2O3+. The lowest BCUT2D eigenvalue weighted by Crippen LogP contribution is -2.85. The molecule has 0 saturated carbocycles. The SMILES string of the molecule is CC[NH2+]C[C@H]1CC(c2ccc3c(c2)OCO3)=NO1. The number of hydrogen-bond donors (Lipinski definition) is 1. The molecule has 0 saturated heterocycles. The summed E-state index contributed by atoms with van der Waals surface area (Å²) >= 11 is 0. The average Bonchev–Trinajstić information content (AvgIpc) is 3.04. The van der Waals surface area contributed by atoms with Crippen LogP contribution in [0.4, 0.5) is 0 Å². The van der Waals surface area contributed by atoms with E-state index < -0.39 is 0 Å². The lowest BCUT2D eigenvalue weighted by atomic mass is 10.0. The van der Waals surface area contributed by atoms with Crippen molar-refractivity contribution in [2.24, 2.45) is 5.16 Å². The molecule has 0 bridgehead atoms. The van der Waals surface area contributed by atoms with Gasteiger partial charge in [0.2, 0.25) is 6.79 Å². The van der Waals surface area contributed by atoms with Crippen LogP contribution >= 0.6 is 0 Å². The number of fused-ring (bicyclic) bond motifs is 1. The Balaban J connectivity index is 1.69. The molecular weight excluding hydrogens is 232 g/mol. The zero-order chi connectivity index (χ0) is 12.4. The van der Waals surface area contributed by atoms with Gasteiger partial charge in [-0.05, 0) is 25.1 Å². The highest BCUT2D eigenvalue weighted by molar-refractivity contribution is 6.01. The summed E-state index contributed by atoms with van der Waals surface area (Å²) in [5, 5.41) is 6.39. The fourth-order valence-corrected chi connectivity index (χ4v) is 2.15. The summed E-state index contributed by atoms with van der Waals surface area (Å²) in [4.78, 5) is 5.43. The summed E-state index contributed by atoms with van der Waals surface area (Å²) in [5.74, 6) is 1.59. The minimum atomic E-state index is 0.186. The van der Waals surface area contributed by atoms with Crippen molar-refractivity contribution in [1.82, 2.24) is 0 Å². The van der Waals surface area contributed by atoms with E-state index in [1.807, 2.05) is 18.2 Å². The highest BCUT2D eigenvalue weighted by Gasteiger charge is 2.24. The molecule has 2 aliphatic heterocycles. The molecule has 5 nitrogen and oxygen atoms in total. The summed E-state index contributed by atoms with van der Waals surface area (Å²) in [6.07, 6.45) is 1.04. The van der Waals surface area contributed by atoms with E-state index in [4.69, 9.17) is 14.3 Å². The molecule has 0 radical (unpaired) electrons. The third kappa shape index (κ3) is 2.13. The minimum Gasteiger partial charge on any atom is -0.454 e. The molecule has 2 heterocycles. The lowest BCUT2D eigenvalue weighted by Gasteiger charge is -2.05. The van der Waals surface area contributed by atoms with Crippen LogP contribution in [0.3, 0.4) is 0 Å². The molecule has 1 aromatic rings. The van der Waals surface area contributed by atoms with E-state index in [1.54, 1.807) is 0 Å². The molecule has 2 aliphatic rings. The highest BCUT2D eigenvalue weighted by atomic mass is 16.7. The van der Waals surface area contributed by atoms with Gasteiger partial charge in [-0.25, -0.2) is 0 Å². The van der Waals surface area contributed by atoms with Crippen LogP contribution in [-0.2, 0) is 4.84 Å². The van der Waals surface area contributed by atoms with Crippen LogP contribution in [0, 0.1) is 0 Å². The van der Waals surface area contributed by atoms with Crippen molar-refractivity contribution in [2.75, 3.05) is 19.9 Å². The van der Waals surface area contributed by atoms with Gasteiger partial charge >= 0.3 is 0 Å². The standard InChI is InChI=1S/C13H16N2O3/c1-2-14-7-10-6-11(15-18-10)9-3-4-12-13(5-9)17-8-16-12/h3-5,10,14H,2,6-8H2,1H3/p+1/t10-/m1/s1. The summed E-state index contributed by atoms with van der Waals surface area (Å²) in [5.41, 5.74) is 2.04. The minimum absolute atomic E-state index is 0.186. The fraction of sp³-hybridized carbons (Fsp3) is 0.462. The van der Waals surface area contributed by atoms with Crippen LogP contribution in [-0.4, -0.2) is 31.7 Å². The van der Waals surface area contributed by atoms with E-state index in [9.17, 15) is 0 Å². The maximum absolute atomic E-state index is 5.43. The molecule has 1 aromatic carbocycles. The summed E-state index contributed by atoms with van der Waals surface area (Å²) in [6, 6.07) is 5.89. The Morgan fingerprint density at radius 1 is 1.33 bits per heavy atom. The molecule has 0 aliphatic carbocycles. The number of nitrogens with zero attached hydrogens (tertiary/aromatic N) is 1. The maximum Gasteiger partial charge on any atom is 0.231 e. The first-order valence-electron chi connectivity index (χ1n) is 6.31. The molecule has 0 amide bonds. The van der Waals surface area contributed by atoms with E-state index in [0.717, 1.165) is 42.3 Å². The molecule has 96 valence electrons. The molecule has 0 spiro atoms. The zero-order valence-electron chi connectivity index (χ0n) is 10.4. The fourth-order valence-electron chi connectivity index (χ4n) is 2.15. The van der Waals surface area contributed by atoms with E-state index in [1.165, 1.54) is 0 Å². The number of rotatable bonds is 4. The van der Waals surface area contributed by atoms with Crippen molar-refractivity contribution in [3.63, 3.8) is 0 Å². The molecule has 2 N–H and O–H groups in total. The number of benzene rings is 1. The molecule has 0 fully saturated rings. The van der Waals surface area contributed by atoms with Crippen molar-refractivity contribution in [1.29, 1.82) is 0 Å². The van der Waals surface area contributed by atoms with Gasteiger partial charge in [0.1, 0.15) is 6.54 Å². The predicted molar refractivity (Wildman–Crippen MR) is 65.9 cm³/mol. The molecule has 1 atom stereocenters. The first-order chi connectivity index (χ1) is 8.86. The number of quaternary nitrogens is 1. The normalized spacial score (nSPS) is 20.7. The van der Waals surface area contributed by atoms with Crippen LogP contribution in [0.5, 0.6) is 11.5 Å². The van der Waals surface area contributed by atoms with Gasteiger partial charge in [0.25, 0.3) is 0 Å². The van der Waals surface area contributed by atoms with Crippen molar-refractivity contribution < 1.29 is 19.6 Å². The smallest absolute Gasteiger partial charge is 0.231 e. The van der Waals surface area contributed by atoms with Gasteiger partial charge in [0, 0.05) is 12.0 Å². The van der Waals surface area contributed by atoms with Crippen LogP contribution < -0.4 is 14.8 Å². The number of nitrogens with two attached hydrogens (primary N) is 1. The summed E-state index contributed by atoms with van der Waals surface area (Å²) in [7, 11) is 0. The van der Waals surface area contributed by atoms with Crippen LogP contribution in [0.15, 0.2) is 23.4 Å². The van der Waals surface area contributed by atoms with Gasteiger partial charge in [-0.2, -0.15) is 0 Å². The Kier molecular flexibility index (Phi) is 3.06. The van der Waals surface area contributed by atoms with Crippen molar-refractivity contribution in [2.45, 2.75) is 19.4 Å². The monoisotopic (exact) mass is 249 g/mol. The molecule has 0 aromatic heterocycles. The third-order valence-electron chi connectivity index (χ3n) is 3.16. The third-order valence-corrected chi connectivity index (χ3v) is 3.16. The van der Waals surface area contributed by atoms with Crippen molar-refractivity contribution in [3.8, 4) is 11.5 Å². The van der Waals surface area contributed by atoms with Crippen LogP contribution in [0.2, 0.25) is 0 Å². The molecule has 3 rings (SSSR count). The highest BCUT2D eigenvalue weighted by Crippen LogP contribution is 2.33. The second-order valence-electron chi connectivity index (χ2n) is 4.47. The number of likely N-dealkylation sites (N-methyl/N-ethyl adjacent to an activating group) is 1. The quantitative estimate of drug-likeness (QED) is 0.845. The number of ether oxygens (including phenoxy) is 2. The summed E-state index contributed by atoms with van der Waals surface area (Å²) in [6.45, 7) is 4.46. The van der Waals surface area contributed by atoms with E-state index in [2.05, 4.69) is 17.4 Å². The summed E-state index contributed by atoms with van der Waals surface area (Å²) < 4.78 is 10.7. The maximum atomic E-state index is 5.43. The zero-order valence-corrected chi connectivity index (χ0v) is 10.4. The van der Waals surface area contributed by atoms with E-state index in [0.29, 0.717) is 6.79 Å². The van der Waals surface area contributed by atoms with E-state index in [-0.39, 0.29) is 6.10 Å². The molecule has 5 heteroatoms. The van der Waals surface area contributed by atoms with Gasteiger partial charge in [-0.15, -0.1) is 0 Å². The topological polar surface area (TPSA) is 56.7 Å². The Morgan fingerprint density at radius 2 is 2.22 bits per heavy atom. The van der Waals surface area contributed by atoms with Crippen LogP contribution in [0.25, 0.3) is 0 Å². The van der Waals surface area contributed by atoms with Crippen LogP contribution in [0.1, 0.15) is 18.9 Å². The van der Waals surface area contributed by atoms with Gasteiger partial charge in [-0.3, -0.25) is 0 Å². The number of oxime groups is 1. The van der Waals surface area contributed by atoms with E-state index >= 15 is 0 Å². The Labute approximate surface area is 106 Å². The van der Waals surface area contributed by atoms with Crippen molar-refractivity contribution >= 4 is 5.71 Å². The first kappa shape index (κ1) is 11.3. The second kappa shape index (κ2) is 4.86. The predicted octanol–water partition coefficient (Wildman–Crippen LogP) is 0.492. The Bertz CT molecular complexity index is 473. The Hall–Kier alpha value is -1.75. The van der Waals surface area contributed by atoms with Gasteiger partial charge < -0.3 is 19.6 Å². The number of hydrogen-bond acceptors (Lipinski definition) is 4. The van der Waals surface area contributed by atoms with Gasteiger partial charge in [-0.1, -0.05) is 5.16 Å². The average molecular weight is 249 g/mol. The second-order valence-corrected chi connectivity index (χ2v) is 4.47. The van der Waals surface area contributed by atoms with Gasteiger partial charge in [0.15, 0.2) is 17.6 Å².